The summed E-state index contributed by atoms with van der Waals surface area (Å²) < 4.78 is 12.4. The average Bonchev–Trinajstić information content (AvgIpc) is 3.26. The lowest BCUT2D eigenvalue weighted by Gasteiger charge is -2.23. The van der Waals surface area contributed by atoms with Crippen molar-refractivity contribution in [2.24, 2.45) is 0 Å². The summed E-state index contributed by atoms with van der Waals surface area (Å²) in [5, 5.41) is 11.1. The smallest absolute Gasteiger partial charge is 0.297 e. The van der Waals surface area contributed by atoms with Crippen molar-refractivity contribution >= 4 is 65.2 Å². The number of thiazole rings is 1. The van der Waals surface area contributed by atoms with Gasteiger partial charge in [0.2, 0.25) is 5.76 Å². The number of fused-ring (bicyclic) bond motifs is 2. The van der Waals surface area contributed by atoms with Crippen LogP contribution in [0.25, 0.3) is 11.0 Å². The molecule has 0 bridgehead atoms. The normalized spacial score (nSPS) is 15.4. The highest BCUT2D eigenvalue weighted by molar-refractivity contribution is 9.10. The predicted octanol–water partition coefficient (Wildman–Crippen LogP) is 5.86. The number of amides is 1. The Morgan fingerprint density at radius 1 is 1.18 bits per heavy atom. The molecule has 168 valence electrons. The van der Waals surface area contributed by atoms with Crippen LogP contribution in [-0.4, -0.2) is 23.1 Å². The van der Waals surface area contributed by atoms with Gasteiger partial charge in [0.25, 0.3) is 5.91 Å². The van der Waals surface area contributed by atoms with Gasteiger partial charge in [0.1, 0.15) is 5.58 Å². The molecule has 2 aromatic carbocycles. The molecule has 1 aliphatic heterocycles. The van der Waals surface area contributed by atoms with Gasteiger partial charge in [-0.05, 0) is 65.7 Å². The second-order valence-electron chi connectivity index (χ2n) is 7.58. The largest absolute Gasteiger partial charge is 0.503 e. The molecule has 7 nitrogen and oxygen atoms in total. The van der Waals surface area contributed by atoms with Gasteiger partial charge in [0.15, 0.2) is 22.1 Å². The van der Waals surface area contributed by atoms with Gasteiger partial charge in [0.05, 0.1) is 34.3 Å². The topological polar surface area (TPSA) is 92.9 Å². The Kier molecular flexibility index (Phi) is 5.34. The van der Waals surface area contributed by atoms with E-state index in [9.17, 15) is 14.7 Å². The number of aryl methyl sites for hydroxylation is 2. The summed E-state index contributed by atoms with van der Waals surface area (Å²) in [5.41, 5.74) is 1.61. The lowest BCUT2D eigenvalue weighted by Crippen LogP contribution is -2.29. The van der Waals surface area contributed by atoms with E-state index in [0.717, 1.165) is 15.0 Å². The molecule has 1 N–H and O–H groups in total. The summed E-state index contributed by atoms with van der Waals surface area (Å²) in [6, 6.07) is 7.54. The lowest BCUT2D eigenvalue weighted by molar-refractivity contribution is 0.0971. The SMILES string of the molecule is COc1cc(C2c3c(oc4ccc(Br)cc4c3=O)C(=O)N2c2nc(C)c(C)s2)cc(Br)c1O. The summed E-state index contributed by atoms with van der Waals surface area (Å²) >= 11 is 8.11. The molecule has 1 unspecified atom stereocenters. The van der Waals surface area contributed by atoms with Gasteiger partial charge in [0, 0.05) is 9.35 Å². The summed E-state index contributed by atoms with van der Waals surface area (Å²) in [5.74, 6) is -0.338. The van der Waals surface area contributed by atoms with Crippen molar-refractivity contribution in [3.05, 3.63) is 77.0 Å². The number of benzene rings is 2. The zero-order valence-electron chi connectivity index (χ0n) is 17.6. The minimum atomic E-state index is -0.817. The maximum atomic E-state index is 13.7. The second-order valence-corrected chi connectivity index (χ2v) is 10.5. The molecular formula is C23H16Br2N2O5S. The molecule has 0 radical (unpaired) electrons. The molecule has 33 heavy (non-hydrogen) atoms. The van der Waals surface area contributed by atoms with Crippen LogP contribution >= 0.6 is 43.2 Å². The zero-order valence-corrected chi connectivity index (χ0v) is 21.6. The number of halogens is 2. The molecule has 3 heterocycles. The number of nitrogens with zero attached hydrogens (tertiary/aromatic N) is 2. The molecule has 1 aliphatic rings. The van der Waals surface area contributed by atoms with Gasteiger partial charge in [-0.3, -0.25) is 14.5 Å². The highest BCUT2D eigenvalue weighted by atomic mass is 79.9. The van der Waals surface area contributed by atoms with E-state index >= 15 is 0 Å². The number of carbonyl (C=O) groups is 1. The molecule has 5 rings (SSSR count). The monoisotopic (exact) mass is 590 g/mol. The van der Waals surface area contributed by atoms with E-state index in [1.165, 1.54) is 23.3 Å². The van der Waals surface area contributed by atoms with Gasteiger partial charge >= 0.3 is 0 Å². The summed E-state index contributed by atoms with van der Waals surface area (Å²) in [4.78, 5) is 34.3. The van der Waals surface area contributed by atoms with Crippen LogP contribution in [0.1, 0.15) is 38.3 Å². The van der Waals surface area contributed by atoms with Crippen LogP contribution in [0.15, 0.2) is 48.5 Å². The van der Waals surface area contributed by atoms with Gasteiger partial charge < -0.3 is 14.3 Å². The first-order chi connectivity index (χ1) is 15.7. The molecule has 0 saturated heterocycles. The van der Waals surface area contributed by atoms with E-state index in [4.69, 9.17) is 9.15 Å². The fourth-order valence-corrected chi connectivity index (χ4v) is 5.68. The third kappa shape index (κ3) is 3.39. The van der Waals surface area contributed by atoms with Crippen molar-refractivity contribution in [1.82, 2.24) is 4.98 Å². The molecule has 1 atom stereocenters. The molecule has 0 saturated carbocycles. The van der Waals surface area contributed by atoms with Crippen LogP contribution in [0.5, 0.6) is 11.5 Å². The minimum absolute atomic E-state index is 0.0199. The standard InChI is InChI=1S/C23H16Br2N2O5S/c1-9-10(2)33-23(26-9)27-18(11-6-14(25)20(29)16(7-11)31-3)17-19(28)13-8-12(24)4-5-15(13)32-21(17)22(27)30/h4-8,18,29H,1-3H3. The number of phenols is 1. The predicted molar refractivity (Wildman–Crippen MR) is 133 cm³/mol. The Labute approximate surface area is 208 Å². The third-order valence-electron chi connectivity index (χ3n) is 5.64. The van der Waals surface area contributed by atoms with Crippen LogP contribution in [-0.2, 0) is 0 Å². The first kappa shape index (κ1) is 22.1. The van der Waals surface area contributed by atoms with E-state index < -0.39 is 11.9 Å². The van der Waals surface area contributed by atoms with E-state index in [0.29, 0.717) is 26.1 Å². The summed E-state index contributed by atoms with van der Waals surface area (Å²) in [6.45, 7) is 3.79. The first-order valence-corrected chi connectivity index (χ1v) is 12.2. The second kappa shape index (κ2) is 7.96. The van der Waals surface area contributed by atoms with Crippen molar-refractivity contribution in [3.8, 4) is 11.5 Å². The van der Waals surface area contributed by atoms with Crippen LogP contribution in [0.2, 0.25) is 0 Å². The number of rotatable bonds is 3. The number of anilines is 1. The fraction of sp³-hybridized carbons (Fsp3) is 0.174. The highest BCUT2D eigenvalue weighted by Crippen LogP contribution is 2.46. The van der Waals surface area contributed by atoms with Crippen LogP contribution in [0.3, 0.4) is 0 Å². The first-order valence-electron chi connectivity index (χ1n) is 9.81. The summed E-state index contributed by atoms with van der Waals surface area (Å²) in [6.07, 6.45) is 0. The number of methoxy groups -OCH3 is 1. The fourth-order valence-electron chi connectivity index (χ4n) is 3.92. The average molecular weight is 592 g/mol. The van der Waals surface area contributed by atoms with E-state index in [1.807, 2.05) is 13.8 Å². The number of aromatic nitrogens is 1. The van der Waals surface area contributed by atoms with Crippen LogP contribution in [0, 0.1) is 13.8 Å². The van der Waals surface area contributed by atoms with Crippen molar-refractivity contribution in [3.63, 3.8) is 0 Å². The Balaban J connectivity index is 1.85. The number of hydrogen-bond acceptors (Lipinski definition) is 7. The van der Waals surface area contributed by atoms with Gasteiger partial charge in [-0.15, -0.1) is 11.3 Å². The van der Waals surface area contributed by atoms with Gasteiger partial charge in [-0.25, -0.2) is 4.98 Å². The summed E-state index contributed by atoms with van der Waals surface area (Å²) in [7, 11) is 1.43. The lowest BCUT2D eigenvalue weighted by atomic mass is 9.98. The quantitative estimate of drug-likeness (QED) is 0.321. The molecule has 1 amide bonds. The Bertz CT molecular complexity index is 1510. The van der Waals surface area contributed by atoms with Crippen molar-refractivity contribution < 1.29 is 19.1 Å². The highest BCUT2D eigenvalue weighted by Gasteiger charge is 2.45. The Morgan fingerprint density at radius 3 is 2.61 bits per heavy atom. The van der Waals surface area contributed by atoms with Gasteiger partial charge in [-0.2, -0.15) is 0 Å². The van der Waals surface area contributed by atoms with E-state index in [2.05, 4.69) is 36.8 Å². The van der Waals surface area contributed by atoms with Crippen LogP contribution in [0.4, 0.5) is 5.13 Å². The maximum Gasteiger partial charge on any atom is 0.297 e. The third-order valence-corrected chi connectivity index (χ3v) is 7.81. The van der Waals surface area contributed by atoms with Crippen molar-refractivity contribution in [1.29, 1.82) is 0 Å². The van der Waals surface area contributed by atoms with Crippen molar-refractivity contribution in [2.45, 2.75) is 19.9 Å². The number of hydrogen-bond donors (Lipinski definition) is 1. The number of phenolic OH excluding ortho intramolecular Hbond substituents is 1. The number of ether oxygens (including phenoxy) is 1. The number of aromatic hydroxyl groups is 1. The molecule has 10 heteroatoms. The Morgan fingerprint density at radius 2 is 1.94 bits per heavy atom. The van der Waals surface area contributed by atoms with Gasteiger partial charge in [-0.1, -0.05) is 15.9 Å². The zero-order chi connectivity index (χ0) is 23.6. The minimum Gasteiger partial charge on any atom is -0.503 e. The molecule has 0 aliphatic carbocycles. The van der Waals surface area contributed by atoms with Crippen molar-refractivity contribution in [2.75, 3.05) is 12.0 Å². The molecular weight excluding hydrogens is 576 g/mol. The van der Waals surface area contributed by atoms with Crippen LogP contribution < -0.4 is 15.1 Å². The van der Waals surface area contributed by atoms with E-state index in [1.54, 1.807) is 30.3 Å². The molecule has 0 fully saturated rings. The Hall–Kier alpha value is -2.69. The maximum absolute atomic E-state index is 13.7. The molecule has 4 aromatic rings. The molecule has 0 spiro atoms. The molecule has 2 aromatic heterocycles. The number of carbonyl (C=O) groups excluding carboxylic acids is 1. The van der Waals surface area contributed by atoms with E-state index in [-0.39, 0.29) is 28.3 Å².